The van der Waals surface area contributed by atoms with Crippen molar-refractivity contribution in [1.29, 1.82) is 0 Å². The van der Waals surface area contributed by atoms with E-state index in [1.807, 2.05) is 0 Å². The van der Waals surface area contributed by atoms with Gasteiger partial charge in [-0.2, -0.15) is 0 Å². The molecule has 3 aliphatic rings. The Morgan fingerprint density at radius 1 is 0.955 bits per heavy atom. The second-order valence-electron chi connectivity index (χ2n) is 7.61. The summed E-state index contributed by atoms with van der Waals surface area (Å²) in [6.45, 7) is 0. The van der Waals surface area contributed by atoms with E-state index < -0.39 is 0 Å². The first kappa shape index (κ1) is 14.8. The van der Waals surface area contributed by atoms with E-state index in [0.29, 0.717) is 10.7 Å². The summed E-state index contributed by atoms with van der Waals surface area (Å²) in [5, 5.41) is 0.644. The molecule has 1 nitrogen and oxygen atoms in total. The van der Waals surface area contributed by atoms with Gasteiger partial charge in [0.25, 0.3) is 0 Å². The van der Waals surface area contributed by atoms with Gasteiger partial charge in [-0.25, -0.2) is 0 Å². The predicted molar refractivity (Wildman–Crippen MR) is 92.1 cm³/mol. The molecule has 0 spiro atoms. The molecule has 0 radical (unpaired) electrons. The topological polar surface area (TPSA) is 17.1 Å². The number of carbonyl (C=O) groups excluding carboxylic acids is 1. The van der Waals surface area contributed by atoms with Gasteiger partial charge in [-0.1, -0.05) is 37.5 Å². The summed E-state index contributed by atoms with van der Waals surface area (Å²) >= 11 is 2.07. The van der Waals surface area contributed by atoms with Crippen LogP contribution in [0.1, 0.15) is 57.8 Å². The van der Waals surface area contributed by atoms with E-state index in [9.17, 15) is 4.79 Å². The van der Waals surface area contributed by atoms with Crippen molar-refractivity contribution in [3.63, 3.8) is 0 Å². The van der Waals surface area contributed by atoms with Gasteiger partial charge in [0, 0.05) is 15.6 Å². The van der Waals surface area contributed by atoms with Crippen LogP contribution in [0.15, 0.2) is 35.2 Å². The Bertz CT molecular complexity index is 536. The zero-order valence-corrected chi connectivity index (χ0v) is 14.1. The molecule has 0 heterocycles. The molecule has 118 valence electrons. The fourth-order valence-electron chi connectivity index (χ4n) is 6.03. The number of rotatable bonds is 4. The maximum atomic E-state index is 12.2. The average Bonchev–Trinajstić information content (AvgIpc) is 3.24. The molecule has 3 aliphatic carbocycles. The van der Waals surface area contributed by atoms with Crippen molar-refractivity contribution >= 4 is 18.0 Å². The van der Waals surface area contributed by atoms with Crippen LogP contribution in [0.2, 0.25) is 0 Å². The van der Waals surface area contributed by atoms with Crippen molar-refractivity contribution in [1.82, 2.24) is 0 Å². The molecule has 2 heteroatoms. The molecule has 0 N–H and O–H groups in total. The normalized spacial score (nSPS) is 38.3. The lowest BCUT2D eigenvalue weighted by Gasteiger charge is -2.46. The molecule has 0 aromatic heterocycles. The third-order valence-corrected chi connectivity index (χ3v) is 8.38. The molecule has 0 unspecified atom stereocenters. The molecule has 0 bridgehead atoms. The first-order valence-electron chi connectivity index (χ1n) is 8.99. The summed E-state index contributed by atoms with van der Waals surface area (Å²) < 4.78 is 0. The van der Waals surface area contributed by atoms with Crippen LogP contribution < -0.4 is 0 Å². The molecule has 4 rings (SSSR count). The van der Waals surface area contributed by atoms with Crippen molar-refractivity contribution in [2.75, 3.05) is 0 Å². The lowest BCUT2D eigenvalue weighted by atomic mass is 9.61. The van der Waals surface area contributed by atoms with Crippen LogP contribution in [0, 0.1) is 16.7 Å². The second kappa shape index (κ2) is 5.70. The van der Waals surface area contributed by atoms with E-state index in [1.165, 1.54) is 56.1 Å². The third kappa shape index (κ3) is 2.02. The van der Waals surface area contributed by atoms with Gasteiger partial charge >= 0.3 is 0 Å². The zero-order valence-electron chi connectivity index (χ0n) is 13.3. The maximum Gasteiger partial charge on any atom is 0.126 e. The summed E-state index contributed by atoms with van der Waals surface area (Å²) in [6.07, 6.45) is 13.0. The monoisotopic (exact) mass is 314 g/mol. The first-order chi connectivity index (χ1) is 10.8. The van der Waals surface area contributed by atoms with Crippen LogP contribution in [0.4, 0.5) is 0 Å². The summed E-state index contributed by atoms with van der Waals surface area (Å²) in [7, 11) is 0. The number of carbonyl (C=O) groups is 1. The second-order valence-corrected chi connectivity index (χ2v) is 8.88. The smallest absolute Gasteiger partial charge is 0.126 e. The van der Waals surface area contributed by atoms with Gasteiger partial charge in [0.2, 0.25) is 0 Å². The van der Waals surface area contributed by atoms with E-state index in [1.54, 1.807) is 0 Å². The largest absolute Gasteiger partial charge is 0.303 e. The summed E-state index contributed by atoms with van der Waals surface area (Å²) in [6, 6.07) is 10.9. The Labute approximate surface area is 138 Å². The summed E-state index contributed by atoms with van der Waals surface area (Å²) in [4.78, 5) is 13.5. The van der Waals surface area contributed by atoms with Gasteiger partial charge in [-0.3, -0.25) is 0 Å². The van der Waals surface area contributed by atoms with Crippen molar-refractivity contribution in [3.8, 4) is 0 Å². The molecule has 3 saturated carbocycles. The molecular formula is C20H26OS. The average molecular weight is 314 g/mol. The number of hydrogen-bond acceptors (Lipinski definition) is 2. The van der Waals surface area contributed by atoms with Gasteiger partial charge in [-0.15, -0.1) is 11.8 Å². The van der Waals surface area contributed by atoms with E-state index in [0.717, 1.165) is 18.8 Å². The van der Waals surface area contributed by atoms with Crippen molar-refractivity contribution < 1.29 is 4.79 Å². The fraction of sp³-hybridized carbons (Fsp3) is 0.650. The number of fused-ring (bicyclic) bond motifs is 1. The molecular weight excluding hydrogens is 288 g/mol. The quantitative estimate of drug-likeness (QED) is 0.684. The minimum Gasteiger partial charge on any atom is -0.303 e. The lowest BCUT2D eigenvalue weighted by molar-refractivity contribution is -0.122. The molecule has 0 aliphatic heterocycles. The standard InChI is InChI=1S/C20H26OS/c21-15-19-12-6-13-20(19,16-7-4-5-8-16)18(11-14-19)22-17-9-2-1-3-10-17/h1-3,9-10,15-16,18H,4-8,11-14H2/t18-,19+,20+/m0/s1. The fourth-order valence-corrected chi connectivity index (χ4v) is 7.67. The molecule has 0 saturated heterocycles. The summed E-state index contributed by atoms with van der Waals surface area (Å²) in [5.41, 5.74) is 0.306. The number of aldehydes is 1. The molecule has 3 fully saturated rings. The summed E-state index contributed by atoms with van der Waals surface area (Å²) in [5.74, 6) is 0.795. The minimum atomic E-state index is 0.00839. The SMILES string of the molecule is O=C[C@]12CCC[C@@]1(C1CCCC1)[C@@H](Sc1ccccc1)CC2. The van der Waals surface area contributed by atoms with Crippen molar-refractivity contribution in [2.45, 2.75) is 67.9 Å². The van der Waals surface area contributed by atoms with E-state index in [2.05, 4.69) is 42.1 Å². The molecule has 1 aromatic rings. The van der Waals surface area contributed by atoms with Crippen molar-refractivity contribution in [2.24, 2.45) is 16.7 Å². The molecule has 0 amide bonds. The Morgan fingerprint density at radius 3 is 2.45 bits per heavy atom. The van der Waals surface area contributed by atoms with Crippen LogP contribution in [-0.4, -0.2) is 11.5 Å². The Morgan fingerprint density at radius 2 is 1.73 bits per heavy atom. The van der Waals surface area contributed by atoms with Gasteiger partial charge in [0.05, 0.1) is 0 Å². The van der Waals surface area contributed by atoms with Crippen LogP contribution in [0.25, 0.3) is 0 Å². The number of benzene rings is 1. The third-order valence-electron chi connectivity index (χ3n) is 6.90. The Kier molecular flexibility index (Phi) is 3.84. The van der Waals surface area contributed by atoms with E-state index in [-0.39, 0.29) is 5.41 Å². The van der Waals surface area contributed by atoms with E-state index in [4.69, 9.17) is 0 Å². The van der Waals surface area contributed by atoms with E-state index >= 15 is 0 Å². The first-order valence-corrected chi connectivity index (χ1v) is 9.87. The molecule has 3 atom stereocenters. The molecule has 1 aromatic carbocycles. The van der Waals surface area contributed by atoms with Crippen LogP contribution in [0.5, 0.6) is 0 Å². The lowest BCUT2D eigenvalue weighted by Crippen LogP contribution is -2.45. The Balaban J connectivity index is 1.70. The maximum absolute atomic E-state index is 12.2. The van der Waals surface area contributed by atoms with Crippen molar-refractivity contribution in [3.05, 3.63) is 30.3 Å². The highest BCUT2D eigenvalue weighted by Gasteiger charge is 2.65. The number of thioether (sulfide) groups is 1. The van der Waals surface area contributed by atoms with Gasteiger partial charge in [-0.05, 0) is 62.0 Å². The van der Waals surface area contributed by atoms with Crippen LogP contribution >= 0.6 is 11.8 Å². The highest BCUT2D eigenvalue weighted by atomic mass is 32.2. The van der Waals surface area contributed by atoms with Gasteiger partial charge in [0.1, 0.15) is 6.29 Å². The highest BCUT2D eigenvalue weighted by molar-refractivity contribution is 8.00. The van der Waals surface area contributed by atoms with Gasteiger partial charge in [0.15, 0.2) is 0 Å². The minimum absolute atomic E-state index is 0.00839. The molecule has 22 heavy (non-hydrogen) atoms. The zero-order chi connectivity index (χ0) is 15.0. The van der Waals surface area contributed by atoms with Crippen LogP contribution in [0.3, 0.4) is 0 Å². The van der Waals surface area contributed by atoms with Gasteiger partial charge < -0.3 is 4.79 Å². The predicted octanol–water partition coefficient (Wildman–Crippen LogP) is 5.49. The van der Waals surface area contributed by atoms with Crippen LogP contribution in [-0.2, 0) is 4.79 Å². The Hall–Kier alpha value is -0.760. The number of hydrogen-bond donors (Lipinski definition) is 0. The highest BCUT2D eigenvalue weighted by Crippen LogP contribution is 2.70.